The van der Waals surface area contributed by atoms with Crippen LogP contribution in [-0.4, -0.2) is 33.1 Å². The van der Waals surface area contributed by atoms with Crippen molar-refractivity contribution in [1.29, 1.82) is 0 Å². The number of benzene rings is 1. The standard InChI is InChI=1S/C21H23N5O3/c1-13-10-15(6-7-17(13)26-8-4-5-9-26)23-19(27)14-11-16-18(22-12-14)24(2)21(29)25(3)20(16)28/h6-7,10-12H,4-5,8-9H2,1-3H3,(H,23,27). The van der Waals surface area contributed by atoms with E-state index in [0.717, 1.165) is 23.2 Å². The van der Waals surface area contributed by atoms with Gasteiger partial charge in [-0.15, -0.1) is 0 Å². The summed E-state index contributed by atoms with van der Waals surface area (Å²) in [6.45, 7) is 4.16. The molecule has 150 valence electrons. The Balaban J connectivity index is 1.63. The molecule has 1 saturated heterocycles. The summed E-state index contributed by atoms with van der Waals surface area (Å²) < 4.78 is 2.30. The number of nitrogens with one attached hydrogen (secondary N) is 1. The number of fused-ring (bicyclic) bond motifs is 1. The van der Waals surface area contributed by atoms with Gasteiger partial charge in [0.1, 0.15) is 5.65 Å². The van der Waals surface area contributed by atoms with E-state index in [1.807, 2.05) is 25.1 Å². The Labute approximate surface area is 167 Å². The molecular weight excluding hydrogens is 370 g/mol. The van der Waals surface area contributed by atoms with Gasteiger partial charge in [0.2, 0.25) is 0 Å². The van der Waals surface area contributed by atoms with Crippen LogP contribution in [0.25, 0.3) is 11.0 Å². The van der Waals surface area contributed by atoms with Crippen molar-refractivity contribution in [2.75, 3.05) is 23.3 Å². The number of pyridine rings is 1. The Kier molecular flexibility index (Phi) is 4.70. The molecule has 2 aromatic heterocycles. The first-order valence-electron chi connectivity index (χ1n) is 9.59. The fourth-order valence-corrected chi connectivity index (χ4v) is 3.84. The minimum atomic E-state index is -0.476. The molecule has 1 fully saturated rings. The van der Waals surface area contributed by atoms with Crippen molar-refractivity contribution in [3.63, 3.8) is 0 Å². The van der Waals surface area contributed by atoms with Crippen molar-refractivity contribution in [2.45, 2.75) is 19.8 Å². The van der Waals surface area contributed by atoms with Crippen molar-refractivity contribution < 1.29 is 4.79 Å². The lowest BCUT2D eigenvalue weighted by atomic mass is 10.1. The van der Waals surface area contributed by atoms with Crippen LogP contribution >= 0.6 is 0 Å². The van der Waals surface area contributed by atoms with Crippen molar-refractivity contribution >= 4 is 28.3 Å². The van der Waals surface area contributed by atoms with E-state index in [-0.39, 0.29) is 22.5 Å². The highest BCUT2D eigenvalue weighted by Crippen LogP contribution is 2.27. The molecule has 1 amide bonds. The number of hydrogen-bond acceptors (Lipinski definition) is 5. The zero-order chi connectivity index (χ0) is 20.7. The zero-order valence-electron chi connectivity index (χ0n) is 16.7. The number of hydrogen-bond donors (Lipinski definition) is 1. The van der Waals surface area contributed by atoms with Gasteiger partial charge in [-0.1, -0.05) is 0 Å². The molecular formula is C21H23N5O3. The van der Waals surface area contributed by atoms with E-state index >= 15 is 0 Å². The Bertz CT molecular complexity index is 1240. The van der Waals surface area contributed by atoms with E-state index in [0.29, 0.717) is 5.69 Å². The molecule has 1 aliphatic rings. The minimum Gasteiger partial charge on any atom is -0.371 e. The van der Waals surface area contributed by atoms with Crippen molar-refractivity contribution in [1.82, 2.24) is 14.1 Å². The molecule has 4 rings (SSSR count). The second-order valence-electron chi connectivity index (χ2n) is 7.45. The summed E-state index contributed by atoms with van der Waals surface area (Å²) in [5, 5.41) is 3.09. The number of carbonyl (C=O) groups excluding carboxylic acids is 1. The van der Waals surface area contributed by atoms with E-state index in [4.69, 9.17) is 0 Å². The number of nitrogens with zero attached hydrogens (tertiary/aromatic N) is 4. The molecule has 29 heavy (non-hydrogen) atoms. The predicted molar refractivity (Wildman–Crippen MR) is 113 cm³/mol. The Morgan fingerprint density at radius 3 is 2.48 bits per heavy atom. The van der Waals surface area contributed by atoms with Crippen LogP contribution in [0.3, 0.4) is 0 Å². The lowest BCUT2D eigenvalue weighted by Gasteiger charge is -2.20. The van der Waals surface area contributed by atoms with Crippen molar-refractivity contribution in [3.8, 4) is 0 Å². The molecule has 0 saturated carbocycles. The van der Waals surface area contributed by atoms with Crippen LogP contribution in [-0.2, 0) is 14.1 Å². The average Bonchev–Trinajstić information content (AvgIpc) is 3.24. The van der Waals surface area contributed by atoms with E-state index in [9.17, 15) is 14.4 Å². The molecule has 0 spiro atoms. The predicted octanol–water partition coefficient (Wildman–Crippen LogP) is 1.79. The van der Waals surface area contributed by atoms with Gasteiger partial charge >= 0.3 is 5.69 Å². The Morgan fingerprint density at radius 2 is 1.79 bits per heavy atom. The zero-order valence-corrected chi connectivity index (χ0v) is 16.7. The van der Waals surface area contributed by atoms with Gasteiger partial charge in [-0.05, 0) is 49.6 Å². The monoisotopic (exact) mass is 393 g/mol. The number of amides is 1. The van der Waals surface area contributed by atoms with Crippen LogP contribution in [0.4, 0.5) is 11.4 Å². The summed E-state index contributed by atoms with van der Waals surface area (Å²) in [4.78, 5) is 43.7. The van der Waals surface area contributed by atoms with Crippen LogP contribution < -0.4 is 21.5 Å². The quantitative estimate of drug-likeness (QED) is 0.733. The average molecular weight is 393 g/mol. The van der Waals surface area contributed by atoms with Crippen LogP contribution in [0.15, 0.2) is 40.1 Å². The van der Waals surface area contributed by atoms with Crippen LogP contribution in [0, 0.1) is 6.92 Å². The van der Waals surface area contributed by atoms with Crippen LogP contribution in [0.5, 0.6) is 0 Å². The van der Waals surface area contributed by atoms with Gasteiger partial charge in [0.15, 0.2) is 0 Å². The maximum absolute atomic E-state index is 12.7. The highest BCUT2D eigenvalue weighted by Gasteiger charge is 2.16. The van der Waals surface area contributed by atoms with Crippen molar-refractivity contribution in [3.05, 3.63) is 62.4 Å². The molecule has 0 unspecified atom stereocenters. The first-order chi connectivity index (χ1) is 13.9. The van der Waals surface area contributed by atoms with Gasteiger partial charge in [0, 0.05) is 44.8 Å². The number of aromatic nitrogens is 3. The minimum absolute atomic E-state index is 0.225. The molecule has 3 heterocycles. The fraction of sp³-hybridized carbons (Fsp3) is 0.333. The lowest BCUT2D eigenvalue weighted by Crippen LogP contribution is -2.37. The molecule has 0 atom stereocenters. The summed E-state index contributed by atoms with van der Waals surface area (Å²) in [5.74, 6) is -0.358. The molecule has 3 aromatic rings. The molecule has 0 aliphatic carbocycles. The van der Waals surface area contributed by atoms with E-state index < -0.39 is 11.2 Å². The fourth-order valence-electron chi connectivity index (χ4n) is 3.84. The SMILES string of the molecule is Cc1cc(NC(=O)c2cnc3c(c2)c(=O)n(C)c(=O)n3C)ccc1N1CCCC1. The first-order valence-corrected chi connectivity index (χ1v) is 9.59. The second kappa shape index (κ2) is 7.20. The van der Waals surface area contributed by atoms with Crippen LogP contribution in [0.1, 0.15) is 28.8 Å². The van der Waals surface area contributed by atoms with Crippen LogP contribution in [0.2, 0.25) is 0 Å². The number of aryl methyl sites for hydroxylation is 2. The summed E-state index contributed by atoms with van der Waals surface area (Å²) in [6.07, 6.45) is 3.79. The first kappa shape index (κ1) is 18.9. The number of carbonyl (C=O) groups is 1. The maximum atomic E-state index is 12.7. The summed E-state index contributed by atoms with van der Waals surface area (Å²) in [7, 11) is 2.95. The summed E-state index contributed by atoms with van der Waals surface area (Å²) in [6, 6.07) is 7.34. The molecule has 1 aliphatic heterocycles. The van der Waals surface area contributed by atoms with Gasteiger partial charge in [-0.25, -0.2) is 9.78 Å². The van der Waals surface area contributed by atoms with Gasteiger partial charge in [0.05, 0.1) is 10.9 Å². The van der Waals surface area contributed by atoms with E-state index in [1.165, 1.54) is 42.4 Å². The molecule has 0 radical (unpaired) electrons. The number of rotatable bonds is 3. The van der Waals surface area contributed by atoms with E-state index in [1.54, 1.807) is 7.05 Å². The largest absolute Gasteiger partial charge is 0.371 e. The second-order valence-corrected chi connectivity index (χ2v) is 7.45. The Hall–Kier alpha value is -3.42. The summed E-state index contributed by atoms with van der Waals surface area (Å²) in [5.41, 5.74) is 2.55. The van der Waals surface area contributed by atoms with Crippen molar-refractivity contribution in [2.24, 2.45) is 14.1 Å². The van der Waals surface area contributed by atoms with E-state index in [2.05, 4.69) is 15.2 Å². The molecule has 8 heteroatoms. The van der Waals surface area contributed by atoms with Gasteiger partial charge < -0.3 is 10.2 Å². The molecule has 8 nitrogen and oxygen atoms in total. The maximum Gasteiger partial charge on any atom is 0.332 e. The Morgan fingerprint density at radius 1 is 1.07 bits per heavy atom. The highest BCUT2D eigenvalue weighted by molar-refractivity contribution is 6.05. The summed E-state index contributed by atoms with van der Waals surface area (Å²) >= 11 is 0. The third kappa shape index (κ3) is 3.30. The van der Waals surface area contributed by atoms with Gasteiger partial charge in [0.25, 0.3) is 11.5 Å². The van der Waals surface area contributed by atoms with Gasteiger partial charge in [-0.3, -0.25) is 18.7 Å². The molecule has 1 aromatic carbocycles. The topological polar surface area (TPSA) is 89.2 Å². The third-order valence-electron chi connectivity index (χ3n) is 5.46. The number of anilines is 2. The van der Waals surface area contributed by atoms with Gasteiger partial charge in [-0.2, -0.15) is 0 Å². The normalized spacial score (nSPS) is 13.8. The lowest BCUT2D eigenvalue weighted by molar-refractivity contribution is 0.102. The third-order valence-corrected chi connectivity index (χ3v) is 5.46. The highest BCUT2D eigenvalue weighted by atomic mass is 16.2. The smallest absolute Gasteiger partial charge is 0.332 e. The molecule has 1 N–H and O–H groups in total. The molecule has 0 bridgehead atoms.